The van der Waals surface area contributed by atoms with Gasteiger partial charge in [-0.15, -0.1) is 0 Å². The summed E-state index contributed by atoms with van der Waals surface area (Å²) in [5.41, 5.74) is 1.43. The van der Waals surface area contributed by atoms with Gasteiger partial charge >= 0.3 is 0 Å². The van der Waals surface area contributed by atoms with E-state index in [9.17, 15) is 13.2 Å². The summed E-state index contributed by atoms with van der Waals surface area (Å²) in [6.45, 7) is 1.61. The summed E-state index contributed by atoms with van der Waals surface area (Å²) in [5, 5.41) is 10.5. The van der Waals surface area contributed by atoms with Gasteiger partial charge in [0.05, 0.1) is 35.0 Å². The molecule has 2 aromatic heterocycles. The van der Waals surface area contributed by atoms with Crippen LogP contribution in [0.2, 0.25) is 5.02 Å². The average molecular weight is 458 g/mol. The lowest BCUT2D eigenvalue weighted by Crippen LogP contribution is -2.14. The van der Waals surface area contributed by atoms with Gasteiger partial charge in [-0.3, -0.25) is 9.52 Å². The Morgan fingerprint density at radius 3 is 2.61 bits per heavy atom. The molecule has 4 rings (SSSR count). The Labute approximate surface area is 182 Å². The number of anilines is 2. The standard InChI is InChI=1S/C20H16ClN5O4S/c1-13-17(11-23-30-13)20(27)24-14-7-8-18(21)19(9-14)25-31(28,29)16-10-22-26(12-16)15-5-3-2-4-6-15/h2-12,25H,1H3,(H,24,27). The van der Waals surface area contributed by atoms with E-state index >= 15 is 0 Å². The molecule has 0 bridgehead atoms. The van der Waals surface area contributed by atoms with Crippen molar-refractivity contribution < 1.29 is 17.7 Å². The molecule has 0 radical (unpaired) electrons. The Morgan fingerprint density at radius 2 is 1.90 bits per heavy atom. The summed E-state index contributed by atoms with van der Waals surface area (Å²) in [6.07, 6.45) is 3.93. The maximum Gasteiger partial charge on any atom is 0.265 e. The fourth-order valence-electron chi connectivity index (χ4n) is 2.77. The molecule has 0 spiro atoms. The lowest BCUT2D eigenvalue weighted by Gasteiger charge is -2.11. The fourth-order valence-corrected chi connectivity index (χ4v) is 3.99. The van der Waals surface area contributed by atoms with Crippen LogP contribution in [-0.4, -0.2) is 29.3 Å². The second-order valence-electron chi connectivity index (χ2n) is 6.51. The third kappa shape index (κ3) is 4.44. The third-order valence-electron chi connectivity index (χ3n) is 4.35. The molecule has 2 N–H and O–H groups in total. The van der Waals surface area contributed by atoms with Gasteiger partial charge in [0.15, 0.2) is 0 Å². The second-order valence-corrected chi connectivity index (χ2v) is 8.60. The first-order chi connectivity index (χ1) is 14.8. The van der Waals surface area contributed by atoms with Crippen molar-refractivity contribution in [3.05, 3.63) is 83.5 Å². The number of carbonyl (C=O) groups is 1. The number of nitrogens with zero attached hydrogens (tertiary/aromatic N) is 3. The molecule has 31 heavy (non-hydrogen) atoms. The van der Waals surface area contributed by atoms with Gasteiger partial charge in [0.25, 0.3) is 15.9 Å². The monoisotopic (exact) mass is 457 g/mol. The van der Waals surface area contributed by atoms with Crippen molar-refractivity contribution in [1.82, 2.24) is 14.9 Å². The number of hydrogen-bond donors (Lipinski definition) is 2. The summed E-state index contributed by atoms with van der Waals surface area (Å²) in [5.74, 6) is -0.0816. The number of aromatic nitrogens is 3. The lowest BCUT2D eigenvalue weighted by molar-refractivity contribution is 0.102. The molecule has 0 aliphatic heterocycles. The predicted molar refractivity (Wildman–Crippen MR) is 115 cm³/mol. The van der Waals surface area contributed by atoms with Gasteiger partial charge in [-0.1, -0.05) is 35.0 Å². The van der Waals surface area contributed by atoms with Gasteiger partial charge in [-0.2, -0.15) is 5.10 Å². The highest BCUT2D eigenvalue weighted by Crippen LogP contribution is 2.28. The number of amides is 1. The SMILES string of the molecule is Cc1oncc1C(=O)Nc1ccc(Cl)c(NS(=O)(=O)c2cnn(-c3ccccc3)c2)c1. The Morgan fingerprint density at radius 1 is 1.13 bits per heavy atom. The maximum atomic E-state index is 12.8. The van der Waals surface area contributed by atoms with Gasteiger partial charge in [-0.05, 0) is 37.3 Å². The summed E-state index contributed by atoms with van der Waals surface area (Å²) in [6, 6.07) is 13.5. The molecular weight excluding hydrogens is 442 g/mol. The zero-order valence-electron chi connectivity index (χ0n) is 16.1. The molecule has 9 nitrogen and oxygen atoms in total. The Kier molecular flexibility index (Phi) is 5.49. The number of para-hydroxylation sites is 1. The fraction of sp³-hybridized carbons (Fsp3) is 0.0500. The highest BCUT2D eigenvalue weighted by atomic mass is 35.5. The molecule has 0 aliphatic carbocycles. The normalized spacial score (nSPS) is 11.3. The number of rotatable bonds is 6. The summed E-state index contributed by atoms with van der Waals surface area (Å²) in [4.78, 5) is 12.3. The van der Waals surface area contributed by atoms with E-state index in [1.807, 2.05) is 18.2 Å². The molecular formula is C20H16ClN5O4S. The van der Waals surface area contributed by atoms with Gasteiger partial charge < -0.3 is 9.84 Å². The summed E-state index contributed by atoms with van der Waals surface area (Å²) in [7, 11) is -3.97. The number of benzene rings is 2. The number of aryl methyl sites for hydroxylation is 1. The van der Waals surface area contributed by atoms with E-state index < -0.39 is 15.9 Å². The first-order valence-corrected chi connectivity index (χ1v) is 10.8. The Bertz CT molecular complexity index is 1350. The molecule has 0 unspecified atom stereocenters. The van der Waals surface area contributed by atoms with Crippen LogP contribution in [0.15, 0.2) is 76.5 Å². The summed E-state index contributed by atoms with van der Waals surface area (Å²) >= 11 is 6.17. The van der Waals surface area contributed by atoms with E-state index in [1.165, 1.54) is 35.4 Å². The Hall–Kier alpha value is -3.63. The van der Waals surface area contributed by atoms with Crippen molar-refractivity contribution in [2.24, 2.45) is 0 Å². The molecule has 1 amide bonds. The van der Waals surface area contributed by atoms with E-state index in [4.69, 9.17) is 16.1 Å². The van der Waals surface area contributed by atoms with Gasteiger partial charge in [-0.25, -0.2) is 13.1 Å². The minimum absolute atomic E-state index is 0.0399. The smallest absolute Gasteiger partial charge is 0.265 e. The zero-order valence-corrected chi connectivity index (χ0v) is 17.7. The summed E-state index contributed by atoms with van der Waals surface area (Å²) < 4.78 is 34.4. The molecule has 2 aromatic carbocycles. The minimum atomic E-state index is -3.97. The van der Waals surface area contributed by atoms with Crippen LogP contribution in [0.25, 0.3) is 5.69 Å². The first kappa shape index (κ1) is 20.6. The van der Waals surface area contributed by atoms with E-state index in [0.717, 1.165) is 5.69 Å². The van der Waals surface area contributed by atoms with E-state index in [1.54, 1.807) is 25.1 Å². The Balaban J connectivity index is 1.56. The average Bonchev–Trinajstić information content (AvgIpc) is 3.41. The molecule has 0 saturated carbocycles. The van der Waals surface area contributed by atoms with Crippen molar-refractivity contribution in [3.8, 4) is 5.69 Å². The van der Waals surface area contributed by atoms with Crippen LogP contribution < -0.4 is 10.0 Å². The van der Waals surface area contributed by atoms with Crippen LogP contribution >= 0.6 is 11.6 Å². The number of carbonyl (C=O) groups excluding carboxylic acids is 1. The topological polar surface area (TPSA) is 119 Å². The zero-order chi connectivity index (χ0) is 22.0. The van der Waals surface area contributed by atoms with Crippen molar-refractivity contribution >= 4 is 38.9 Å². The van der Waals surface area contributed by atoms with E-state index in [-0.39, 0.29) is 21.2 Å². The van der Waals surface area contributed by atoms with Crippen LogP contribution in [0.5, 0.6) is 0 Å². The number of nitrogens with one attached hydrogen (secondary N) is 2. The van der Waals surface area contributed by atoms with Gasteiger partial charge in [0, 0.05) is 5.69 Å². The van der Waals surface area contributed by atoms with Gasteiger partial charge in [0.1, 0.15) is 16.2 Å². The van der Waals surface area contributed by atoms with Crippen molar-refractivity contribution in [2.45, 2.75) is 11.8 Å². The number of sulfonamides is 1. The van der Waals surface area contributed by atoms with E-state index in [2.05, 4.69) is 20.3 Å². The second kappa shape index (κ2) is 8.25. The minimum Gasteiger partial charge on any atom is -0.361 e. The van der Waals surface area contributed by atoms with Crippen LogP contribution in [-0.2, 0) is 10.0 Å². The van der Waals surface area contributed by atoms with E-state index in [0.29, 0.717) is 11.4 Å². The van der Waals surface area contributed by atoms with Crippen LogP contribution in [0, 0.1) is 6.92 Å². The molecule has 0 saturated heterocycles. The molecule has 0 atom stereocenters. The number of halogens is 1. The van der Waals surface area contributed by atoms with Gasteiger partial charge in [0.2, 0.25) is 0 Å². The lowest BCUT2D eigenvalue weighted by atomic mass is 10.2. The molecule has 4 aromatic rings. The van der Waals surface area contributed by atoms with Crippen LogP contribution in [0.4, 0.5) is 11.4 Å². The van der Waals surface area contributed by atoms with Crippen molar-refractivity contribution in [1.29, 1.82) is 0 Å². The highest BCUT2D eigenvalue weighted by Gasteiger charge is 2.20. The molecule has 158 valence electrons. The van der Waals surface area contributed by atoms with Crippen molar-refractivity contribution in [3.63, 3.8) is 0 Å². The molecule has 11 heteroatoms. The molecule has 2 heterocycles. The largest absolute Gasteiger partial charge is 0.361 e. The third-order valence-corrected chi connectivity index (χ3v) is 6.00. The van der Waals surface area contributed by atoms with Crippen LogP contribution in [0.3, 0.4) is 0 Å². The first-order valence-electron chi connectivity index (χ1n) is 8.98. The van der Waals surface area contributed by atoms with Crippen molar-refractivity contribution in [2.75, 3.05) is 10.0 Å². The highest BCUT2D eigenvalue weighted by molar-refractivity contribution is 7.92. The molecule has 0 fully saturated rings. The van der Waals surface area contributed by atoms with Crippen LogP contribution in [0.1, 0.15) is 16.1 Å². The maximum absolute atomic E-state index is 12.8. The molecule has 0 aliphatic rings. The predicted octanol–water partition coefficient (Wildman–Crippen LogP) is 3.88. The number of hydrogen-bond acceptors (Lipinski definition) is 6. The quantitative estimate of drug-likeness (QED) is 0.453.